The normalized spacial score (nSPS) is 12.2. The fraction of sp³-hybridized carbons (Fsp3) is 0.111. The van der Waals surface area contributed by atoms with E-state index in [-0.39, 0.29) is 5.56 Å². The molecular formula is C18H12Cl3FN2OS. The fourth-order valence-corrected chi connectivity index (χ4v) is 4.83. The zero-order chi connectivity index (χ0) is 18.7. The number of hydrogen-bond donors (Lipinski definition) is 0. The van der Waals surface area contributed by atoms with E-state index in [1.54, 1.807) is 41.5 Å². The standard InChI is InChI=1S/C18H12Cl3FN2OS/c19-11-7-13(20)17(14(21)8-11)16(9-24-6-5-23-10-24)26-18(25)12-3-1-2-4-15(12)22/h1-8,10,16H,9H2. The van der Waals surface area contributed by atoms with Gasteiger partial charge in [-0.05, 0) is 24.3 Å². The van der Waals surface area contributed by atoms with Crippen molar-refractivity contribution >= 4 is 51.7 Å². The van der Waals surface area contributed by atoms with Gasteiger partial charge in [-0.15, -0.1) is 0 Å². The van der Waals surface area contributed by atoms with Gasteiger partial charge in [0.25, 0.3) is 0 Å². The molecule has 0 N–H and O–H groups in total. The molecule has 0 saturated carbocycles. The predicted octanol–water partition coefficient (Wildman–Crippen LogP) is 6.30. The Bertz CT molecular complexity index is 911. The Morgan fingerprint density at radius 2 is 1.88 bits per heavy atom. The topological polar surface area (TPSA) is 34.9 Å². The third-order valence-electron chi connectivity index (χ3n) is 3.64. The van der Waals surface area contributed by atoms with Crippen molar-refractivity contribution in [2.45, 2.75) is 11.8 Å². The molecule has 2 aromatic carbocycles. The molecule has 3 nitrogen and oxygen atoms in total. The van der Waals surface area contributed by atoms with Crippen LogP contribution in [0.1, 0.15) is 21.2 Å². The minimum atomic E-state index is -0.570. The molecule has 3 aromatic rings. The molecule has 1 aromatic heterocycles. The summed E-state index contributed by atoms with van der Waals surface area (Å²) in [6.45, 7) is 0.381. The van der Waals surface area contributed by atoms with Crippen LogP contribution in [0.4, 0.5) is 4.39 Å². The third kappa shape index (κ3) is 4.41. The summed E-state index contributed by atoms with van der Waals surface area (Å²) in [5.74, 6) is -0.570. The second-order valence-corrected chi connectivity index (χ2v) is 7.84. The lowest BCUT2D eigenvalue weighted by Crippen LogP contribution is -2.10. The number of carbonyl (C=O) groups excluding carboxylic acids is 1. The zero-order valence-electron chi connectivity index (χ0n) is 13.2. The molecule has 0 aliphatic heterocycles. The van der Waals surface area contributed by atoms with Gasteiger partial charge in [0.2, 0.25) is 5.12 Å². The van der Waals surface area contributed by atoms with Crippen molar-refractivity contribution in [1.29, 1.82) is 0 Å². The van der Waals surface area contributed by atoms with Gasteiger partial charge in [0, 0.05) is 39.6 Å². The van der Waals surface area contributed by atoms with Crippen LogP contribution in [0.3, 0.4) is 0 Å². The summed E-state index contributed by atoms with van der Waals surface area (Å²) in [5, 5.41) is 0.238. The number of rotatable bonds is 5. The van der Waals surface area contributed by atoms with Crippen molar-refractivity contribution in [3.8, 4) is 0 Å². The van der Waals surface area contributed by atoms with Crippen molar-refractivity contribution in [1.82, 2.24) is 9.55 Å². The Kier molecular flexibility index (Phi) is 6.24. The van der Waals surface area contributed by atoms with Gasteiger partial charge >= 0.3 is 0 Å². The second-order valence-electron chi connectivity index (χ2n) is 5.42. The highest BCUT2D eigenvalue weighted by atomic mass is 35.5. The van der Waals surface area contributed by atoms with Crippen molar-refractivity contribution in [3.63, 3.8) is 0 Å². The Morgan fingerprint density at radius 1 is 1.19 bits per heavy atom. The highest BCUT2D eigenvalue weighted by Gasteiger charge is 2.25. The quantitative estimate of drug-likeness (QED) is 0.477. The number of imidazole rings is 1. The molecule has 1 atom stereocenters. The minimum absolute atomic E-state index is 0.00865. The number of thioether (sulfide) groups is 1. The Balaban J connectivity index is 1.97. The van der Waals surface area contributed by atoms with E-state index in [9.17, 15) is 9.18 Å². The maximum Gasteiger partial charge on any atom is 0.222 e. The molecule has 1 heterocycles. The molecular weight excluding hydrogens is 418 g/mol. The summed E-state index contributed by atoms with van der Waals surface area (Å²) in [6.07, 6.45) is 5.02. The number of halogens is 4. The lowest BCUT2D eigenvalue weighted by molar-refractivity contribution is 0.108. The minimum Gasteiger partial charge on any atom is -0.336 e. The number of aromatic nitrogens is 2. The summed E-state index contributed by atoms with van der Waals surface area (Å²) in [7, 11) is 0. The van der Waals surface area contributed by atoms with Gasteiger partial charge in [0.1, 0.15) is 5.82 Å². The van der Waals surface area contributed by atoms with Crippen LogP contribution in [0.2, 0.25) is 15.1 Å². The first-order valence-corrected chi connectivity index (χ1v) is 9.52. The molecule has 0 aliphatic carbocycles. The van der Waals surface area contributed by atoms with Crippen molar-refractivity contribution in [3.05, 3.63) is 87.1 Å². The van der Waals surface area contributed by atoms with Crippen molar-refractivity contribution in [2.75, 3.05) is 0 Å². The van der Waals surface area contributed by atoms with Crippen LogP contribution in [0, 0.1) is 5.82 Å². The van der Waals surface area contributed by atoms with Crippen LogP contribution in [-0.2, 0) is 6.54 Å². The van der Waals surface area contributed by atoms with Crippen LogP contribution in [0.5, 0.6) is 0 Å². The number of hydrogen-bond acceptors (Lipinski definition) is 3. The van der Waals surface area contributed by atoms with Crippen LogP contribution >= 0.6 is 46.6 Å². The van der Waals surface area contributed by atoms with E-state index in [1.807, 2.05) is 0 Å². The van der Waals surface area contributed by atoms with Gasteiger partial charge in [-0.1, -0.05) is 58.7 Å². The van der Waals surface area contributed by atoms with E-state index < -0.39 is 16.2 Å². The molecule has 0 fully saturated rings. The average Bonchev–Trinajstić information content (AvgIpc) is 3.07. The second kappa shape index (κ2) is 8.44. The summed E-state index contributed by atoms with van der Waals surface area (Å²) >= 11 is 19.6. The number of nitrogens with zero attached hydrogens (tertiary/aromatic N) is 2. The zero-order valence-corrected chi connectivity index (χ0v) is 16.3. The van der Waals surface area contributed by atoms with Gasteiger partial charge in [0.05, 0.1) is 17.1 Å². The molecule has 26 heavy (non-hydrogen) atoms. The smallest absolute Gasteiger partial charge is 0.222 e. The summed E-state index contributed by atoms with van der Waals surface area (Å²) < 4.78 is 15.8. The van der Waals surface area contributed by atoms with E-state index in [0.717, 1.165) is 11.8 Å². The molecule has 0 spiro atoms. The first-order chi connectivity index (χ1) is 12.5. The molecule has 0 radical (unpaired) electrons. The molecule has 0 amide bonds. The predicted molar refractivity (Wildman–Crippen MR) is 105 cm³/mol. The Labute approximate surface area is 169 Å². The number of benzene rings is 2. The maximum absolute atomic E-state index is 14.0. The van der Waals surface area contributed by atoms with E-state index >= 15 is 0 Å². The number of carbonyl (C=O) groups is 1. The highest BCUT2D eigenvalue weighted by Crippen LogP contribution is 2.42. The molecule has 0 bridgehead atoms. The lowest BCUT2D eigenvalue weighted by Gasteiger charge is -2.20. The Morgan fingerprint density at radius 3 is 2.50 bits per heavy atom. The van der Waals surface area contributed by atoms with Crippen LogP contribution in [-0.4, -0.2) is 14.7 Å². The van der Waals surface area contributed by atoms with E-state index in [2.05, 4.69) is 4.98 Å². The fourth-order valence-electron chi connectivity index (χ4n) is 2.45. The van der Waals surface area contributed by atoms with Gasteiger partial charge in [0.15, 0.2) is 0 Å². The van der Waals surface area contributed by atoms with Crippen LogP contribution in [0.15, 0.2) is 55.1 Å². The summed E-state index contributed by atoms with van der Waals surface area (Å²) in [4.78, 5) is 16.7. The largest absolute Gasteiger partial charge is 0.336 e. The summed E-state index contributed by atoms with van der Waals surface area (Å²) in [6, 6.07) is 8.99. The van der Waals surface area contributed by atoms with Gasteiger partial charge < -0.3 is 4.57 Å². The van der Waals surface area contributed by atoms with Gasteiger partial charge in [-0.2, -0.15) is 0 Å². The summed E-state index contributed by atoms with van der Waals surface area (Å²) in [5.41, 5.74) is 0.579. The van der Waals surface area contributed by atoms with Gasteiger partial charge in [-0.25, -0.2) is 9.37 Å². The SMILES string of the molecule is O=C(SC(Cn1ccnc1)c1c(Cl)cc(Cl)cc1Cl)c1ccccc1F. The van der Waals surface area contributed by atoms with Crippen molar-refractivity contribution in [2.24, 2.45) is 0 Å². The molecule has 3 rings (SSSR count). The molecule has 0 aliphatic rings. The lowest BCUT2D eigenvalue weighted by atomic mass is 10.1. The maximum atomic E-state index is 14.0. The Hall–Kier alpha value is -1.53. The monoisotopic (exact) mass is 428 g/mol. The molecule has 1 unspecified atom stereocenters. The third-order valence-corrected chi connectivity index (χ3v) is 5.59. The highest BCUT2D eigenvalue weighted by molar-refractivity contribution is 8.14. The van der Waals surface area contributed by atoms with E-state index in [0.29, 0.717) is 27.2 Å². The average molecular weight is 430 g/mol. The van der Waals surface area contributed by atoms with Gasteiger partial charge in [-0.3, -0.25) is 4.79 Å². The molecule has 8 heteroatoms. The van der Waals surface area contributed by atoms with E-state index in [1.165, 1.54) is 18.2 Å². The van der Waals surface area contributed by atoms with E-state index in [4.69, 9.17) is 34.8 Å². The first-order valence-electron chi connectivity index (χ1n) is 7.51. The van der Waals surface area contributed by atoms with Crippen molar-refractivity contribution < 1.29 is 9.18 Å². The first kappa shape index (κ1) is 19.2. The van der Waals surface area contributed by atoms with Crippen LogP contribution in [0.25, 0.3) is 0 Å². The molecule has 134 valence electrons. The molecule has 0 saturated heterocycles. The van der Waals surface area contributed by atoms with Crippen LogP contribution < -0.4 is 0 Å².